The SMILES string of the molecule is Cn1cc(C(CC(=O)NCCc2ccccc2)c2ccc(Cl)cc2)c2ccccc21. The number of aryl methyl sites for hydroxylation is 1. The summed E-state index contributed by atoms with van der Waals surface area (Å²) in [6.07, 6.45) is 3.36. The third kappa shape index (κ3) is 4.58. The molecule has 0 fully saturated rings. The Kier molecular flexibility index (Phi) is 6.20. The molecule has 0 bridgehead atoms. The molecule has 4 rings (SSSR count). The number of para-hydroxylation sites is 1. The number of rotatable bonds is 7. The summed E-state index contributed by atoms with van der Waals surface area (Å²) >= 11 is 6.11. The van der Waals surface area contributed by atoms with Crippen molar-refractivity contribution in [2.75, 3.05) is 6.54 Å². The van der Waals surface area contributed by atoms with Gasteiger partial charge in [0.1, 0.15) is 0 Å². The highest BCUT2D eigenvalue weighted by Gasteiger charge is 2.22. The number of fused-ring (bicyclic) bond motifs is 1. The fraction of sp³-hybridized carbons (Fsp3) is 0.192. The molecule has 30 heavy (non-hydrogen) atoms. The van der Waals surface area contributed by atoms with Crippen LogP contribution in [0.1, 0.15) is 29.0 Å². The maximum Gasteiger partial charge on any atom is 0.220 e. The van der Waals surface area contributed by atoms with Crippen molar-refractivity contribution in [3.05, 3.63) is 107 Å². The van der Waals surface area contributed by atoms with Gasteiger partial charge in [-0.3, -0.25) is 4.79 Å². The first-order valence-corrected chi connectivity index (χ1v) is 10.6. The first kappa shape index (κ1) is 20.2. The van der Waals surface area contributed by atoms with E-state index in [1.807, 2.05) is 61.6 Å². The molecule has 1 atom stereocenters. The minimum Gasteiger partial charge on any atom is -0.356 e. The fourth-order valence-corrected chi connectivity index (χ4v) is 4.13. The number of carbonyl (C=O) groups excluding carboxylic acids is 1. The first-order chi connectivity index (χ1) is 14.6. The molecule has 1 unspecified atom stereocenters. The average Bonchev–Trinajstić information content (AvgIpc) is 3.10. The van der Waals surface area contributed by atoms with Crippen molar-refractivity contribution in [2.45, 2.75) is 18.8 Å². The van der Waals surface area contributed by atoms with Gasteiger partial charge in [-0.05, 0) is 41.3 Å². The summed E-state index contributed by atoms with van der Waals surface area (Å²) in [5.74, 6) is 0.0175. The van der Waals surface area contributed by atoms with Crippen LogP contribution in [0.4, 0.5) is 0 Å². The molecule has 4 aromatic rings. The minimum atomic E-state index is -0.0370. The summed E-state index contributed by atoms with van der Waals surface area (Å²) in [5, 5.41) is 4.97. The summed E-state index contributed by atoms with van der Waals surface area (Å²) in [5.41, 5.74) is 4.64. The van der Waals surface area contributed by atoms with Crippen LogP contribution in [0.25, 0.3) is 10.9 Å². The first-order valence-electron chi connectivity index (χ1n) is 10.2. The lowest BCUT2D eigenvalue weighted by Crippen LogP contribution is -2.27. The van der Waals surface area contributed by atoms with E-state index in [9.17, 15) is 4.79 Å². The van der Waals surface area contributed by atoms with Crippen molar-refractivity contribution in [3.63, 3.8) is 0 Å². The third-order valence-corrected chi connectivity index (χ3v) is 5.80. The predicted molar refractivity (Wildman–Crippen MR) is 124 cm³/mol. The third-order valence-electron chi connectivity index (χ3n) is 5.54. The molecule has 1 aromatic heterocycles. The Morgan fingerprint density at radius 2 is 1.67 bits per heavy atom. The molecule has 0 aliphatic carbocycles. The van der Waals surface area contributed by atoms with E-state index < -0.39 is 0 Å². The van der Waals surface area contributed by atoms with E-state index in [1.165, 1.54) is 10.9 Å². The Bertz CT molecular complexity index is 1130. The van der Waals surface area contributed by atoms with Gasteiger partial charge >= 0.3 is 0 Å². The number of aromatic nitrogens is 1. The number of nitrogens with one attached hydrogen (secondary N) is 1. The summed E-state index contributed by atoms with van der Waals surface area (Å²) < 4.78 is 2.13. The van der Waals surface area contributed by atoms with Gasteiger partial charge in [0.2, 0.25) is 5.91 Å². The fourth-order valence-electron chi connectivity index (χ4n) is 4.00. The molecule has 0 saturated carbocycles. The lowest BCUT2D eigenvalue weighted by molar-refractivity contribution is -0.121. The van der Waals surface area contributed by atoms with Crippen molar-refractivity contribution in [1.29, 1.82) is 0 Å². The summed E-state index contributed by atoms with van der Waals surface area (Å²) in [4.78, 5) is 12.9. The van der Waals surface area contributed by atoms with Gasteiger partial charge in [0, 0.05) is 48.1 Å². The van der Waals surface area contributed by atoms with Crippen LogP contribution in [0.2, 0.25) is 5.02 Å². The van der Waals surface area contributed by atoms with Gasteiger partial charge in [-0.2, -0.15) is 0 Å². The topological polar surface area (TPSA) is 34.0 Å². The Balaban J connectivity index is 1.56. The van der Waals surface area contributed by atoms with Gasteiger partial charge in [0.05, 0.1) is 0 Å². The van der Waals surface area contributed by atoms with Crippen LogP contribution in [0.15, 0.2) is 85.1 Å². The molecule has 1 amide bonds. The van der Waals surface area contributed by atoms with E-state index in [2.05, 4.69) is 40.3 Å². The molecule has 0 saturated heterocycles. The second kappa shape index (κ2) is 9.19. The molecule has 0 spiro atoms. The van der Waals surface area contributed by atoms with Crippen LogP contribution in [-0.2, 0) is 18.3 Å². The number of nitrogens with zero attached hydrogens (tertiary/aromatic N) is 1. The van der Waals surface area contributed by atoms with Gasteiger partial charge in [-0.15, -0.1) is 0 Å². The van der Waals surface area contributed by atoms with Gasteiger partial charge < -0.3 is 9.88 Å². The number of halogens is 1. The normalized spacial score (nSPS) is 12.1. The van der Waals surface area contributed by atoms with Crippen LogP contribution in [0, 0.1) is 0 Å². The summed E-state index contributed by atoms with van der Waals surface area (Å²) in [7, 11) is 2.05. The standard InChI is InChI=1S/C26H25ClN2O/c1-29-18-24(22-9-5-6-10-25(22)29)23(20-11-13-21(27)14-12-20)17-26(30)28-16-15-19-7-3-2-4-8-19/h2-14,18,23H,15-17H2,1H3,(H,28,30). The van der Waals surface area contributed by atoms with E-state index in [-0.39, 0.29) is 11.8 Å². The lowest BCUT2D eigenvalue weighted by Gasteiger charge is -2.17. The Morgan fingerprint density at radius 3 is 2.43 bits per heavy atom. The second-order valence-electron chi connectivity index (χ2n) is 7.61. The maximum atomic E-state index is 12.9. The van der Waals surface area contributed by atoms with Crippen LogP contribution >= 0.6 is 11.6 Å². The number of carbonyl (C=O) groups is 1. The van der Waals surface area contributed by atoms with Crippen LogP contribution < -0.4 is 5.32 Å². The smallest absolute Gasteiger partial charge is 0.220 e. The maximum absolute atomic E-state index is 12.9. The molecule has 152 valence electrons. The van der Waals surface area contributed by atoms with Crippen LogP contribution in [0.3, 0.4) is 0 Å². The Hall–Kier alpha value is -3.04. The lowest BCUT2D eigenvalue weighted by atomic mass is 9.88. The van der Waals surface area contributed by atoms with Crippen molar-refractivity contribution >= 4 is 28.4 Å². The molecule has 4 heteroatoms. The number of hydrogen-bond acceptors (Lipinski definition) is 1. The van der Waals surface area contributed by atoms with Gasteiger partial charge in [-0.25, -0.2) is 0 Å². The summed E-state index contributed by atoms with van der Waals surface area (Å²) in [6, 6.07) is 26.4. The van der Waals surface area contributed by atoms with Crippen molar-refractivity contribution < 1.29 is 4.79 Å². The van der Waals surface area contributed by atoms with E-state index in [0.29, 0.717) is 18.0 Å². The molecule has 1 heterocycles. The van der Waals surface area contributed by atoms with E-state index in [1.54, 1.807) is 0 Å². The number of hydrogen-bond donors (Lipinski definition) is 1. The molecular formula is C26H25ClN2O. The molecule has 3 nitrogen and oxygen atoms in total. The molecular weight excluding hydrogens is 392 g/mol. The zero-order valence-electron chi connectivity index (χ0n) is 17.0. The Morgan fingerprint density at radius 1 is 0.967 bits per heavy atom. The number of benzene rings is 3. The highest BCUT2D eigenvalue weighted by atomic mass is 35.5. The quantitative estimate of drug-likeness (QED) is 0.411. The van der Waals surface area contributed by atoms with Crippen molar-refractivity contribution in [3.8, 4) is 0 Å². The minimum absolute atomic E-state index is 0.0370. The Labute approximate surface area is 182 Å². The number of amides is 1. The molecule has 1 N–H and O–H groups in total. The highest BCUT2D eigenvalue weighted by molar-refractivity contribution is 6.30. The van der Waals surface area contributed by atoms with Crippen LogP contribution in [-0.4, -0.2) is 17.0 Å². The van der Waals surface area contributed by atoms with E-state index in [0.717, 1.165) is 23.1 Å². The molecule has 0 radical (unpaired) electrons. The monoisotopic (exact) mass is 416 g/mol. The highest BCUT2D eigenvalue weighted by Crippen LogP contribution is 2.34. The van der Waals surface area contributed by atoms with Gasteiger partial charge in [0.15, 0.2) is 0 Å². The van der Waals surface area contributed by atoms with Crippen molar-refractivity contribution in [1.82, 2.24) is 9.88 Å². The van der Waals surface area contributed by atoms with Gasteiger partial charge in [-0.1, -0.05) is 72.3 Å². The van der Waals surface area contributed by atoms with Crippen LogP contribution in [0.5, 0.6) is 0 Å². The summed E-state index contributed by atoms with van der Waals surface area (Å²) in [6.45, 7) is 0.631. The van der Waals surface area contributed by atoms with Gasteiger partial charge in [0.25, 0.3) is 0 Å². The zero-order valence-corrected chi connectivity index (χ0v) is 17.8. The average molecular weight is 417 g/mol. The second-order valence-corrected chi connectivity index (χ2v) is 8.04. The zero-order chi connectivity index (χ0) is 20.9. The van der Waals surface area contributed by atoms with E-state index >= 15 is 0 Å². The van der Waals surface area contributed by atoms with Crippen molar-refractivity contribution in [2.24, 2.45) is 7.05 Å². The molecule has 0 aliphatic heterocycles. The molecule has 0 aliphatic rings. The molecule has 3 aromatic carbocycles. The largest absolute Gasteiger partial charge is 0.356 e. The predicted octanol–water partition coefficient (Wildman–Crippen LogP) is 5.71. The van der Waals surface area contributed by atoms with E-state index in [4.69, 9.17) is 11.6 Å².